The Balaban J connectivity index is 1.72. The molecule has 1 aliphatic heterocycles. The van der Waals surface area contributed by atoms with Gasteiger partial charge in [0, 0.05) is 37.8 Å². The fourth-order valence-corrected chi connectivity index (χ4v) is 2.82. The van der Waals surface area contributed by atoms with E-state index in [0.29, 0.717) is 18.5 Å². The van der Waals surface area contributed by atoms with Crippen LogP contribution in [0, 0.1) is 11.3 Å². The van der Waals surface area contributed by atoms with Crippen LogP contribution in [0.3, 0.4) is 0 Å². The normalized spacial score (nSPS) is 16.2. The van der Waals surface area contributed by atoms with E-state index in [1.165, 1.54) is 12.3 Å². The van der Waals surface area contributed by atoms with E-state index in [2.05, 4.69) is 10.3 Å². The summed E-state index contributed by atoms with van der Waals surface area (Å²) in [5.74, 6) is -0.288. The van der Waals surface area contributed by atoms with Crippen molar-refractivity contribution in [2.45, 2.75) is 12.3 Å². The first-order valence-corrected chi connectivity index (χ1v) is 7.60. The molecular formula is C18H16N4O2. The number of nitrogens with one attached hydrogen (secondary N) is 1. The molecule has 0 aliphatic carbocycles. The number of hydrogen-bond acceptors (Lipinski definition) is 4. The molecule has 0 saturated heterocycles. The van der Waals surface area contributed by atoms with Crippen LogP contribution in [0.5, 0.6) is 0 Å². The van der Waals surface area contributed by atoms with Gasteiger partial charge < -0.3 is 10.2 Å². The molecule has 1 aromatic carbocycles. The molecule has 2 heterocycles. The van der Waals surface area contributed by atoms with Gasteiger partial charge in [0.25, 0.3) is 5.91 Å². The monoisotopic (exact) mass is 320 g/mol. The summed E-state index contributed by atoms with van der Waals surface area (Å²) in [4.78, 5) is 29.9. The highest BCUT2D eigenvalue weighted by Crippen LogP contribution is 2.34. The number of aromatic nitrogens is 1. The summed E-state index contributed by atoms with van der Waals surface area (Å²) >= 11 is 0. The first kappa shape index (κ1) is 15.7. The van der Waals surface area contributed by atoms with Gasteiger partial charge in [0.05, 0.1) is 5.56 Å². The van der Waals surface area contributed by atoms with Crippen molar-refractivity contribution in [3.8, 4) is 6.07 Å². The van der Waals surface area contributed by atoms with Crippen molar-refractivity contribution in [3.63, 3.8) is 0 Å². The molecule has 24 heavy (non-hydrogen) atoms. The van der Waals surface area contributed by atoms with E-state index in [1.54, 1.807) is 18.0 Å². The van der Waals surface area contributed by atoms with Crippen molar-refractivity contribution >= 4 is 17.5 Å². The van der Waals surface area contributed by atoms with Crippen LogP contribution in [0.4, 0.5) is 5.69 Å². The topological polar surface area (TPSA) is 86.1 Å². The number of nitriles is 1. The smallest absolute Gasteiger partial charge is 0.252 e. The lowest BCUT2D eigenvalue weighted by molar-refractivity contribution is -0.119. The maximum atomic E-state index is 12.2. The molecule has 0 fully saturated rings. The Hall–Kier alpha value is -3.20. The predicted octanol–water partition coefficient (Wildman–Crippen LogP) is 1.83. The average molecular weight is 320 g/mol. The van der Waals surface area contributed by atoms with Crippen molar-refractivity contribution < 1.29 is 9.59 Å². The van der Waals surface area contributed by atoms with Crippen LogP contribution in [0.25, 0.3) is 0 Å². The molecule has 0 unspecified atom stereocenters. The van der Waals surface area contributed by atoms with Gasteiger partial charge in [0.15, 0.2) is 0 Å². The quantitative estimate of drug-likeness (QED) is 0.935. The number of carbonyl (C=O) groups is 2. The summed E-state index contributed by atoms with van der Waals surface area (Å²) in [7, 11) is 1.76. The summed E-state index contributed by atoms with van der Waals surface area (Å²) < 4.78 is 0. The highest BCUT2D eigenvalue weighted by molar-refractivity contribution is 5.97. The summed E-state index contributed by atoms with van der Waals surface area (Å²) in [6.07, 6.45) is 1.74. The number of fused-ring (bicyclic) bond motifs is 1. The molecule has 0 spiro atoms. The van der Waals surface area contributed by atoms with E-state index in [-0.39, 0.29) is 23.4 Å². The third kappa shape index (κ3) is 2.97. The van der Waals surface area contributed by atoms with Crippen LogP contribution in [-0.2, 0) is 4.79 Å². The Bertz CT molecular complexity index is 824. The fourth-order valence-electron chi connectivity index (χ4n) is 2.82. The third-order valence-electron chi connectivity index (χ3n) is 4.18. The Kier molecular flexibility index (Phi) is 4.25. The Labute approximate surface area is 139 Å². The van der Waals surface area contributed by atoms with Gasteiger partial charge in [-0.25, -0.2) is 4.98 Å². The second-order valence-electron chi connectivity index (χ2n) is 5.67. The minimum Gasteiger partial charge on any atom is -0.351 e. The Morgan fingerprint density at radius 2 is 2.17 bits per heavy atom. The van der Waals surface area contributed by atoms with Gasteiger partial charge in [0.2, 0.25) is 5.91 Å². The van der Waals surface area contributed by atoms with Gasteiger partial charge in [-0.2, -0.15) is 5.26 Å². The van der Waals surface area contributed by atoms with Crippen molar-refractivity contribution in [2.24, 2.45) is 0 Å². The Morgan fingerprint density at radius 3 is 2.88 bits per heavy atom. The zero-order valence-electron chi connectivity index (χ0n) is 13.2. The second-order valence-corrected chi connectivity index (χ2v) is 5.67. The molecule has 3 rings (SSSR count). The van der Waals surface area contributed by atoms with Crippen molar-refractivity contribution in [1.82, 2.24) is 10.3 Å². The molecule has 0 radical (unpaired) electrons. The number of anilines is 1. The van der Waals surface area contributed by atoms with Crippen LogP contribution < -0.4 is 10.2 Å². The summed E-state index contributed by atoms with van der Waals surface area (Å²) in [6.45, 7) is 0.370. The number of carbonyl (C=O) groups excluding carboxylic acids is 2. The lowest BCUT2D eigenvalue weighted by Crippen LogP contribution is -2.37. The van der Waals surface area contributed by atoms with Gasteiger partial charge in [-0.15, -0.1) is 0 Å². The van der Waals surface area contributed by atoms with Crippen LogP contribution in [0.2, 0.25) is 0 Å². The zero-order chi connectivity index (χ0) is 17.1. The number of pyridine rings is 1. The predicted molar refractivity (Wildman–Crippen MR) is 88.5 cm³/mol. The maximum Gasteiger partial charge on any atom is 0.252 e. The molecule has 0 bridgehead atoms. The second kappa shape index (κ2) is 6.50. The van der Waals surface area contributed by atoms with E-state index in [1.807, 2.05) is 30.3 Å². The summed E-state index contributed by atoms with van der Waals surface area (Å²) in [5, 5.41) is 11.6. The lowest BCUT2D eigenvalue weighted by atomic mass is 9.89. The van der Waals surface area contributed by atoms with Gasteiger partial charge >= 0.3 is 0 Å². The molecule has 2 amide bonds. The number of nitrogens with zero attached hydrogens (tertiary/aromatic N) is 3. The molecule has 2 aromatic rings. The number of amides is 2. The van der Waals surface area contributed by atoms with Gasteiger partial charge in [-0.05, 0) is 23.8 Å². The number of hydrogen-bond donors (Lipinski definition) is 1. The SMILES string of the molecule is CN1C(=O)C[C@@H](CNC(=O)c2ccc(C#N)nc2)c2ccccc21. The highest BCUT2D eigenvalue weighted by atomic mass is 16.2. The van der Waals surface area contributed by atoms with Crippen molar-refractivity contribution in [3.05, 3.63) is 59.4 Å². The van der Waals surface area contributed by atoms with E-state index < -0.39 is 0 Å². The van der Waals surface area contributed by atoms with Crippen LogP contribution in [0.15, 0.2) is 42.6 Å². The third-order valence-corrected chi connectivity index (χ3v) is 4.18. The van der Waals surface area contributed by atoms with E-state index in [9.17, 15) is 9.59 Å². The molecule has 1 N–H and O–H groups in total. The van der Waals surface area contributed by atoms with E-state index >= 15 is 0 Å². The minimum atomic E-state index is -0.268. The maximum absolute atomic E-state index is 12.2. The minimum absolute atomic E-state index is 0.0352. The van der Waals surface area contributed by atoms with E-state index in [0.717, 1.165) is 11.3 Å². The fraction of sp³-hybridized carbons (Fsp3) is 0.222. The number of para-hydroxylation sites is 1. The molecule has 6 nitrogen and oxygen atoms in total. The molecule has 1 aromatic heterocycles. The zero-order valence-corrected chi connectivity index (χ0v) is 13.2. The largest absolute Gasteiger partial charge is 0.351 e. The molecule has 120 valence electrons. The van der Waals surface area contributed by atoms with Gasteiger partial charge in [-0.3, -0.25) is 9.59 Å². The van der Waals surface area contributed by atoms with Gasteiger partial charge in [-0.1, -0.05) is 18.2 Å². The summed E-state index contributed by atoms with van der Waals surface area (Å²) in [6, 6.07) is 12.7. The summed E-state index contributed by atoms with van der Waals surface area (Å²) in [5.41, 5.74) is 2.59. The molecule has 1 aliphatic rings. The van der Waals surface area contributed by atoms with Crippen LogP contribution >= 0.6 is 0 Å². The molecule has 1 atom stereocenters. The average Bonchev–Trinajstić information content (AvgIpc) is 2.63. The molecular weight excluding hydrogens is 304 g/mol. The Morgan fingerprint density at radius 1 is 1.38 bits per heavy atom. The van der Waals surface area contributed by atoms with E-state index in [4.69, 9.17) is 5.26 Å². The number of benzene rings is 1. The highest BCUT2D eigenvalue weighted by Gasteiger charge is 2.29. The standard InChI is InChI=1S/C18H16N4O2/c1-22-16-5-3-2-4-15(16)13(8-17(22)23)11-21-18(24)12-6-7-14(9-19)20-10-12/h2-7,10,13H,8,11H2,1H3,(H,21,24)/t13-/m0/s1. The molecule has 0 saturated carbocycles. The first-order valence-electron chi connectivity index (χ1n) is 7.60. The first-order chi connectivity index (χ1) is 11.6. The van der Waals surface area contributed by atoms with Crippen LogP contribution in [0.1, 0.15) is 34.0 Å². The van der Waals surface area contributed by atoms with Crippen molar-refractivity contribution in [2.75, 3.05) is 18.5 Å². The number of rotatable bonds is 3. The van der Waals surface area contributed by atoms with Crippen LogP contribution in [-0.4, -0.2) is 30.4 Å². The van der Waals surface area contributed by atoms with Gasteiger partial charge in [0.1, 0.15) is 11.8 Å². The van der Waals surface area contributed by atoms with Crippen molar-refractivity contribution in [1.29, 1.82) is 5.26 Å². The molecule has 6 heteroatoms. The lowest BCUT2D eigenvalue weighted by Gasteiger charge is -2.31.